The van der Waals surface area contributed by atoms with Crippen LogP contribution in [0.1, 0.15) is 0 Å². The van der Waals surface area contributed by atoms with Gasteiger partial charge in [-0.1, -0.05) is 0 Å². The van der Waals surface area contributed by atoms with Crippen LogP contribution in [0.4, 0.5) is 14.5 Å². The van der Waals surface area contributed by atoms with E-state index in [4.69, 9.17) is 5.73 Å². The maximum atomic E-state index is 13.3. The molecule has 1 aromatic heterocycles. The Morgan fingerprint density at radius 3 is 2.71 bits per heavy atom. The van der Waals surface area contributed by atoms with E-state index in [1.807, 2.05) is 0 Å². The van der Waals surface area contributed by atoms with Crippen molar-refractivity contribution in [3.8, 4) is 11.5 Å². The molecule has 0 aliphatic heterocycles. The highest BCUT2D eigenvalue weighted by Crippen LogP contribution is 2.27. The van der Waals surface area contributed by atoms with E-state index >= 15 is 0 Å². The Kier molecular flexibility index (Phi) is 1.88. The first-order chi connectivity index (χ1) is 6.70. The summed E-state index contributed by atoms with van der Waals surface area (Å²) in [6, 6.07) is 2.17. The van der Waals surface area contributed by atoms with Gasteiger partial charge in [0.2, 0.25) is 6.39 Å². The fraction of sp³-hybridized carbons (Fsp3) is 0. The molecular weight excluding hydrogens is 192 g/mol. The lowest BCUT2D eigenvalue weighted by atomic mass is 10.1. The van der Waals surface area contributed by atoms with Crippen molar-refractivity contribution in [2.45, 2.75) is 0 Å². The van der Waals surface area contributed by atoms with E-state index in [0.717, 1.165) is 18.5 Å². The van der Waals surface area contributed by atoms with Crippen LogP contribution in [0.5, 0.6) is 0 Å². The number of aromatic nitrogens is 2. The lowest BCUT2D eigenvalue weighted by molar-refractivity contribution is 0.541. The van der Waals surface area contributed by atoms with E-state index in [2.05, 4.69) is 14.6 Å². The number of hydrogen-bond donors (Lipinski definition) is 1. The number of nitrogens with zero attached hydrogens (tertiary/aromatic N) is 2. The molecule has 0 aliphatic rings. The highest BCUT2D eigenvalue weighted by Gasteiger charge is 2.17. The third-order valence-corrected chi connectivity index (χ3v) is 1.69. The summed E-state index contributed by atoms with van der Waals surface area (Å²) in [7, 11) is 0. The Morgan fingerprint density at radius 1 is 1.29 bits per heavy atom. The van der Waals surface area contributed by atoms with Crippen molar-refractivity contribution in [2.24, 2.45) is 0 Å². The first-order valence-electron chi connectivity index (χ1n) is 3.70. The molecule has 72 valence electrons. The van der Waals surface area contributed by atoms with Gasteiger partial charge in [-0.25, -0.2) is 8.78 Å². The van der Waals surface area contributed by atoms with Crippen molar-refractivity contribution in [2.75, 3.05) is 5.73 Å². The summed E-state index contributed by atoms with van der Waals surface area (Å²) in [6.45, 7) is 0. The predicted molar refractivity (Wildman–Crippen MR) is 44.1 cm³/mol. The maximum absolute atomic E-state index is 13.3. The molecule has 0 atom stereocenters. The van der Waals surface area contributed by atoms with Gasteiger partial charge in [0.15, 0.2) is 5.82 Å². The van der Waals surface area contributed by atoms with Crippen LogP contribution >= 0.6 is 0 Å². The molecule has 14 heavy (non-hydrogen) atoms. The van der Waals surface area contributed by atoms with Gasteiger partial charge in [0.05, 0.1) is 5.69 Å². The van der Waals surface area contributed by atoms with Crippen LogP contribution in [-0.2, 0) is 0 Å². The quantitative estimate of drug-likeness (QED) is 0.705. The number of benzene rings is 1. The van der Waals surface area contributed by atoms with Crippen molar-refractivity contribution in [1.29, 1.82) is 0 Å². The summed E-state index contributed by atoms with van der Waals surface area (Å²) in [4.78, 5) is 0. The zero-order chi connectivity index (χ0) is 10.1. The van der Waals surface area contributed by atoms with Crippen LogP contribution in [0.3, 0.4) is 0 Å². The lowest BCUT2D eigenvalue weighted by Gasteiger charge is -2.01. The van der Waals surface area contributed by atoms with Crippen molar-refractivity contribution in [1.82, 2.24) is 10.2 Å². The molecule has 2 aromatic rings. The van der Waals surface area contributed by atoms with Crippen LogP contribution in [0.2, 0.25) is 0 Å². The van der Waals surface area contributed by atoms with Gasteiger partial charge in [-0.3, -0.25) is 0 Å². The number of hydrogen-bond acceptors (Lipinski definition) is 4. The Hall–Kier alpha value is -1.98. The molecule has 0 fully saturated rings. The second-order valence-electron chi connectivity index (χ2n) is 2.57. The second kappa shape index (κ2) is 3.06. The van der Waals surface area contributed by atoms with E-state index < -0.39 is 17.2 Å². The van der Waals surface area contributed by atoms with E-state index in [1.165, 1.54) is 0 Å². The molecule has 0 saturated carbocycles. The molecule has 0 spiro atoms. The first kappa shape index (κ1) is 8.61. The summed E-state index contributed by atoms with van der Waals surface area (Å²) < 4.78 is 31.2. The van der Waals surface area contributed by atoms with Gasteiger partial charge >= 0.3 is 0 Å². The van der Waals surface area contributed by atoms with Gasteiger partial charge in [0.1, 0.15) is 11.4 Å². The Labute approximate surface area is 77.4 Å². The Balaban J connectivity index is 2.69. The molecule has 0 amide bonds. The average molecular weight is 197 g/mol. The third-order valence-electron chi connectivity index (χ3n) is 1.69. The van der Waals surface area contributed by atoms with E-state index in [-0.39, 0.29) is 11.6 Å². The van der Waals surface area contributed by atoms with Crippen LogP contribution in [0.25, 0.3) is 11.5 Å². The van der Waals surface area contributed by atoms with Crippen molar-refractivity contribution >= 4 is 5.69 Å². The van der Waals surface area contributed by atoms with E-state index in [1.54, 1.807) is 0 Å². The van der Waals surface area contributed by atoms with Gasteiger partial charge in [-0.05, 0) is 12.1 Å². The number of nitrogens with two attached hydrogens (primary N) is 1. The first-order valence-corrected chi connectivity index (χ1v) is 3.70. The van der Waals surface area contributed by atoms with Gasteiger partial charge < -0.3 is 10.2 Å². The zero-order valence-corrected chi connectivity index (χ0v) is 6.87. The number of halogens is 2. The molecule has 2 rings (SSSR count). The second-order valence-corrected chi connectivity index (χ2v) is 2.57. The van der Waals surface area contributed by atoms with Gasteiger partial charge in [0.25, 0.3) is 5.89 Å². The zero-order valence-electron chi connectivity index (χ0n) is 6.87. The highest BCUT2D eigenvalue weighted by atomic mass is 19.1. The van der Waals surface area contributed by atoms with Gasteiger partial charge in [0, 0.05) is 0 Å². The highest BCUT2D eigenvalue weighted by molar-refractivity contribution is 5.61. The fourth-order valence-corrected chi connectivity index (χ4v) is 1.05. The van der Waals surface area contributed by atoms with Crippen molar-refractivity contribution < 1.29 is 13.2 Å². The molecular formula is C8H5F2N3O. The monoisotopic (exact) mass is 197 g/mol. The van der Waals surface area contributed by atoms with Crippen LogP contribution in [0.15, 0.2) is 22.9 Å². The molecule has 0 saturated heterocycles. The number of nitrogen functional groups attached to an aromatic ring is 1. The Morgan fingerprint density at radius 2 is 2.07 bits per heavy atom. The van der Waals surface area contributed by atoms with Crippen molar-refractivity contribution in [3.63, 3.8) is 0 Å². The SMILES string of the molecule is Nc1ccc(F)c(-c2nnco2)c1F. The number of anilines is 1. The minimum Gasteiger partial charge on any atom is -0.423 e. The van der Waals surface area contributed by atoms with Gasteiger partial charge in [-0.15, -0.1) is 10.2 Å². The number of rotatable bonds is 1. The predicted octanol–water partition coefficient (Wildman–Crippen LogP) is 1.60. The molecule has 1 heterocycles. The van der Waals surface area contributed by atoms with E-state index in [0.29, 0.717) is 0 Å². The summed E-state index contributed by atoms with van der Waals surface area (Å²) >= 11 is 0. The molecule has 0 unspecified atom stereocenters. The van der Waals surface area contributed by atoms with Crippen LogP contribution < -0.4 is 5.73 Å². The normalized spacial score (nSPS) is 10.4. The Bertz CT molecular complexity index is 456. The minimum absolute atomic E-state index is 0.167. The summed E-state index contributed by atoms with van der Waals surface area (Å²) in [6.07, 6.45) is 0.984. The topological polar surface area (TPSA) is 64.9 Å². The molecule has 6 heteroatoms. The van der Waals surface area contributed by atoms with Crippen LogP contribution in [0, 0.1) is 11.6 Å². The summed E-state index contributed by atoms with van der Waals surface area (Å²) in [5.74, 6) is -1.91. The molecule has 0 bridgehead atoms. The van der Waals surface area contributed by atoms with Gasteiger partial charge in [-0.2, -0.15) is 0 Å². The average Bonchev–Trinajstić information content (AvgIpc) is 2.65. The lowest BCUT2D eigenvalue weighted by Crippen LogP contribution is -1.96. The molecule has 1 aromatic carbocycles. The molecule has 0 aliphatic carbocycles. The standard InChI is InChI=1S/C8H5F2N3O/c9-4-1-2-5(11)7(10)6(4)8-13-12-3-14-8/h1-3H,11H2. The molecule has 4 nitrogen and oxygen atoms in total. The molecule has 2 N–H and O–H groups in total. The third kappa shape index (κ3) is 1.20. The summed E-state index contributed by atoms with van der Waals surface area (Å²) in [5.41, 5.74) is 4.70. The van der Waals surface area contributed by atoms with E-state index in [9.17, 15) is 8.78 Å². The fourth-order valence-electron chi connectivity index (χ4n) is 1.05. The maximum Gasteiger partial charge on any atom is 0.253 e. The smallest absolute Gasteiger partial charge is 0.253 e. The molecule has 0 radical (unpaired) electrons. The summed E-state index contributed by atoms with van der Waals surface area (Å²) in [5, 5.41) is 6.72. The largest absolute Gasteiger partial charge is 0.423 e. The minimum atomic E-state index is -0.894. The van der Waals surface area contributed by atoms with Crippen molar-refractivity contribution in [3.05, 3.63) is 30.2 Å². The van der Waals surface area contributed by atoms with Crippen LogP contribution in [-0.4, -0.2) is 10.2 Å².